The van der Waals surface area contributed by atoms with Crippen molar-refractivity contribution in [2.24, 2.45) is 9.98 Å². The van der Waals surface area contributed by atoms with Crippen molar-refractivity contribution in [2.45, 2.75) is 17.5 Å². The third-order valence-corrected chi connectivity index (χ3v) is 4.42. The minimum absolute atomic E-state index is 0.282. The van der Waals surface area contributed by atoms with Crippen molar-refractivity contribution in [1.82, 2.24) is 0 Å². The number of aldehydes is 1. The highest BCUT2D eigenvalue weighted by Gasteiger charge is 2.19. The first-order valence-corrected chi connectivity index (χ1v) is 7.93. The van der Waals surface area contributed by atoms with Gasteiger partial charge in [-0.2, -0.15) is 4.99 Å². The van der Waals surface area contributed by atoms with E-state index in [1.807, 2.05) is 36.4 Å². The molecule has 0 N–H and O–H groups in total. The van der Waals surface area contributed by atoms with Crippen LogP contribution in [0.1, 0.15) is 16.8 Å². The van der Waals surface area contributed by atoms with E-state index in [0.717, 1.165) is 22.0 Å². The number of amidine groups is 1. The third kappa shape index (κ3) is 3.43. The van der Waals surface area contributed by atoms with Crippen molar-refractivity contribution < 1.29 is 14.3 Å². The monoisotopic (exact) mass is 328 g/mol. The fourth-order valence-corrected chi connectivity index (χ4v) is 3.20. The van der Waals surface area contributed by atoms with Crippen LogP contribution in [0.2, 0.25) is 0 Å². The van der Waals surface area contributed by atoms with E-state index in [2.05, 4.69) is 9.98 Å². The molecule has 5 nitrogen and oxygen atoms in total. The van der Waals surface area contributed by atoms with Gasteiger partial charge in [-0.05, 0) is 22.9 Å². The van der Waals surface area contributed by atoms with E-state index in [1.165, 1.54) is 11.8 Å². The first kappa shape index (κ1) is 15.7. The average Bonchev–Trinajstić information content (AvgIpc) is 2.60. The lowest BCUT2D eigenvalue weighted by atomic mass is 10.1. The highest BCUT2D eigenvalue weighted by molar-refractivity contribution is 8.14. The molecule has 0 spiro atoms. The molecule has 1 atom stereocenters. The number of hydrogen-bond donors (Lipinski definition) is 0. The molecule has 1 aliphatic rings. The van der Waals surface area contributed by atoms with Crippen molar-refractivity contribution in [2.75, 3.05) is 14.2 Å². The summed E-state index contributed by atoms with van der Waals surface area (Å²) in [5.74, 6) is 0.601. The molecule has 0 radical (unpaired) electrons. The molecule has 2 aromatic rings. The molecule has 0 aliphatic carbocycles. The number of ether oxygens (including phenoxy) is 2. The van der Waals surface area contributed by atoms with Gasteiger partial charge in [-0.15, -0.1) is 0 Å². The maximum atomic E-state index is 11.2. The van der Waals surface area contributed by atoms with Crippen LogP contribution >= 0.6 is 11.8 Å². The van der Waals surface area contributed by atoms with Gasteiger partial charge >= 0.3 is 0 Å². The molecule has 23 heavy (non-hydrogen) atoms. The van der Waals surface area contributed by atoms with Crippen molar-refractivity contribution in [3.63, 3.8) is 0 Å². The molecule has 1 aliphatic heterocycles. The van der Waals surface area contributed by atoms with Gasteiger partial charge in [0, 0.05) is 17.6 Å². The summed E-state index contributed by atoms with van der Waals surface area (Å²) in [5.41, 5.74) is 0.673. The van der Waals surface area contributed by atoms with Crippen LogP contribution in [0.4, 0.5) is 0 Å². The molecule has 0 saturated carbocycles. The van der Waals surface area contributed by atoms with E-state index >= 15 is 0 Å². The Morgan fingerprint density at radius 2 is 2.13 bits per heavy atom. The van der Waals surface area contributed by atoms with Gasteiger partial charge in [0.15, 0.2) is 23.6 Å². The fourth-order valence-electron chi connectivity index (χ4n) is 2.36. The van der Waals surface area contributed by atoms with Gasteiger partial charge in [0.1, 0.15) is 0 Å². The Balaban J connectivity index is 1.93. The number of methoxy groups -OCH3 is 2. The number of fused-ring (bicyclic) bond motifs is 1. The minimum Gasteiger partial charge on any atom is -0.484 e. The molecule has 1 unspecified atom stereocenters. The summed E-state index contributed by atoms with van der Waals surface area (Å²) in [5, 5.41) is 2.53. The van der Waals surface area contributed by atoms with E-state index in [1.54, 1.807) is 14.2 Å². The number of nitrogens with zero attached hydrogens (tertiary/aromatic N) is 2. The van der Waals surface area contributed by atoms with Crippen molar-refractivity contribution in [3.8, 4) is 0 Å². The Hall–Kier alpha value is -2.18. The fraction of sp³-hybridized carbons (Fsp3) is 0.235. The van der Waals surface area contributed by atoms with Crippen LogP contribution < -0.4 is 0 Å². The van der Waals surface area contributed by atoms with Gasteiger partial charge in [-0.3, -0.25) is 4.79 Å². The van der Waals surface area contributed by atoms with Gasteiger partial charge in [-0.25, -0.2) is 4.99 Å². The lowest BCUT2D eigenvalue weighted by molar-refractivity contribution is 0.110. The van der Waals surface area contributed by atoms with E-state index in [-0.39, 0.29) is 6.23 Å². The predicted octanol–water partition coefficient (Wildman–Crippen LogP) is 3.52. The number of thioether (sulfide) groups is 1. The van der Waals surface area contributed by atoms with Gasteiger partial charge in [-0.1, -0.05) is 36.0 Å². The normalized spacial score (nSPS) is 17.6. The minimum atomic E-state index is -0.282. The highest BCUT2D eigenvalue weighted by atomic mass is 32.2. The summed E-state index contributed by atoms with van der Waals surface area (Å²) in [4.78, 5) is 21.0. The third-order valence-electron chi connectivity index (χ3n) is 3.56. The maximum absolute atomic E-state index is 11.2. The molecule has 1 heterocycles. The maximum Gasteiger partial charge on any atom is 0.194 e. The van der Waals surface area contributed by atoms with Crippen LogP contribution in [-0.4, -0.2) is 37.8 Å². The Morgan fingerprint density at radius 3 is 2.87 bits per heavy atom. The van der Waals surface area contributed by atoms with E-state index in [4.69, 9.17) is 9.47 Å². The molecule has 0 fully saturated rings. The topological polar surface area (TPSA) is 60.2 Å². The van der Waals surface area contributed by atoms with Crippen molar-refractivity contribution >= 4 is 39.9 Å². The second-order valence-electron chi connectivity index (χ2n) is 4.97. The summed E-state index contributed by atoms with van der Waals surface area (Å²) in [6.45, 7) is 0. The number of hydrogen-bond acceptors (Lipinski definition) is 6. The Morgan fingerprint density at radius 1 is 1.26 bits per heavy atom. The molecular weight excluding hydrogens is 312 g/mol. The number of benzene rings is 2. The van der Waals surface area contributed by atoms with Crippen molar-refractivity contribution in [3.05, 3.63) is 42.0 Å². The summed E-state index contributed by atoms with van der Waals surface area (Å²) in [6, 6.07) is 11.6. The second-order valence-corrected chi connectivity index (χ2v) is 6.01. The van der Waals surface area contributed by atoms with E-state index in [0.29, 0.717) is 23.0 Å². The summed E-state index contributed by atoms with van der Waals surface area (Å²) >= 11 is 1.42. The summed E-state index contributed by atoms with van der Waals surface area (Å²) < 4.78 is 10.5. The average molecular weight is 328 g/mol. The largest absolute Gasteiger partial charge is 0.484 e. The van der Waals surface area contributed by atoms with Crippen LogP contribution in [0.15, 0.2) is 51.3 Å². The quantitative estimate of drug-likeness (QED) is 0.809. The zero-order chi connectivity index (χ0) is 16.2. The van der Waals surface area contributed by atoms with Gasteiger partial charge < -0.3 is 9.47 Å². The number of rotatable bonds is 3. The van der Waals surface area contributed by atoms with Gasteiger partial charge in [0.2, 0.25) is 0 Å². The molecule has 3 rings (SSSR count). The SMILES string of the molecule is COC1=NC(Sc2ccc3cccc(C=O)c3c2)=NC(OC)C1. The standard InChI is InChI=1S/C17H16N2O3S/c1-21-15-9-16(22-2)19-17(18-15)23-13-7-6-11-4-3-5-12(10-20)14(11)8-13/h3-8,10,15H,9H2,1-2H3. The molecule has 118 valence electrons. The lowest BCUT2D eigenvalue weighted by Crippen LogP contribution is -2.21. The van der Waals surface area contributed by atoms with Crippen LogP contribution in [0.25, 0.3) is 10.8 Å². The number of aliphatic imine (C=N–C) groups is 2. The molecule has 2 aromatic carbocycles. The van der Waals surface area contributed by atoms with Gasteiger partial charge in [0.25, 0.3) is 0 Å². The number of carbonyl (C=O) groups excluding carboxylic acids is 1. The van der Waals surface area contributed by atoms with Gasteiger partial charge in [0.05, 0.1) is 13.5 Å². The Labute approximate surface area is 138 Å². The Bertz CT molecular complexity index is 802. The second kappa shape index (κ2) is 6.93. The van der Waals surface area contributed by atoms with Crippen LogP contribution in [0, 0.1) is 0 Å². The number of carbonyl (C=O) groups is 1. The van der Waals surface area contributed by atoms with E-state index in [9.17, 15) is 4.79 Å². The molecule has 0 aromatic heterocycles. The summed E-state index contributed by atoms with van der Waals surface area (Å²) in [6.07, 6.45) is 1.12. The molecule has 0 amide bonds. The molecule has 0 bridgehead atoms. The summed E-state index contributed by atoms with van der Waals surface area (Å²) in [7, 11) is 3.20. The van der Waals surface area contributed by atoms with Crippen molar-refractivity contribution in [1.29, 1.82) is 0 Å². The van der Waals surface area contributed by atoms with Crippen LogP contribution in [-0.2, 0) is 9.47 Å². The van der Waals surface area contributed by atoms with E-state index < -0.39 is 0 Å². The lowest BCUT2D eigenvalue weighted by Gasteiger charge is -2.17. The highest BCUT2D eigenvalue weighted by Crippen LogP contribution is 2.28. The first-order valence-electron chi connectivity index (χ1n) is 7.11. The van der Waals surface area contributed by atoms with Crippen LogP contribution in [0.5, 0.6) is 0 Å². The zero-order valence-electron chi connectivity index (χ0n) is 12.9. The molecular formula is C17H16N2O3S. The Kier molecular flexibility index (Phi) is 4.73. The molecule has 0 saturated heterocycles. The smallest absolute Gasteiger partial charge is 0.194 e. The first-order chi connectivity index (χ1) is 11.2. The predicted molar refractivity (Wildman–Crippen MR) is 92.5 cm³/mol. The molecule has 6 heteroatoms. The zero-order valence-corrected chi connectivity index (χ0v) is 13.7. The van der Waals surface area contributed by atoms with Crippen LogP contribution in [0.3, 0.4) is 0 Å².